The van der Waals surface area contributed by atoms with Crippen molar-refractivity contribution >= 4 is 23.3 Å². The third-order valence-corrected chi connectivity index (χ3v) is 4.76. The zero-order chi connectivity index (χ0) is 20.5. The van der Waals surface area contributed by atoms with Crippen molar-refractivity contribution in [3.05, 3.63) is 83.1 Å². The number of aryl methyl sites for hydroxylation is 1. The van der Waals surface area contributed by atoms with Crippen LogP contribution in [0.4, 0.5) is 5.82 Å². The Hall–Kier alpha value is -3.87. The lowest BCUT2D eigenvalue weighted by Crippen LogP contribution is -2.29. The van der Waals surface area contributed by atoms with E-state index in [2.05, 4.69) is 5.16 Å². The molecule has 0 bridgehead atoms. The summed E-state index contributed by atoms with van der Waals surface area (Å²) in [5.41, 5.74) is 1.02. The van der Waals surface area contributed by atoms with Crippen LogP contribution in [0.25, 0.3) is 5.76 Å². The molecule has 1 aliphatic rings. The molecule has 1 unspecified atom stereocenters. The summed E-state index contributed by atoms with van der Waals surface area (Å²) in [6, 6.07) is 16.3. The molecule has 1 fully saturated rings. The minimum Gasteiger partial charge on any atom is -0.507 e. The monoisotopic (exact) mass is 390 g/mol. The molecule has 0 spiro atoms. The van der Waals surface area contributed by atoms with E-state index < -0.39 is 17.7 Å². The van der Waals surface area contributed by atoms with E-state index in [1.807, 2.05) is 0 Å². The number of anilines is 1. The molecule has 0 aliphatic carbocycles. The Bertz CT molecular complexity index is 1120. The molecular weight excluding hydrogens is 372 g/mol. The van der Waals surface area contributed by atoms with Gasteiger partial charge in [0, 0.05) is 11.6 Å². The normalized spacial score (nSPS) is 18.3. The lowest BCUT2D eigenvalue weighted by atomic mass is 9.95. The Labute approximate surface area is 166 Å². The standard InChI is InChI=1S/C22H18N2O5/c1-13-11-17(23-29-13)24-19(15-9-6-10-16(12-15)28-2)18(21(26)22(24)27)20(25)14-7-4-3-5-8-14/h3-12,19,25H,1-2H3/b20-18+. The summed E-state index contributed by atoms with van der Waals surface area (Å²) in [6.07, 6.45) is 0. The Balaban J connectivity index is 1.95. The maximum atomic E-state index is 13.0. The van der Waals surface area contributed by atoms with Crippen molar-refractivity contribution in [1.29, 1.82) is 0 Å². The molecule has 29 heavy (non-hydrogen) atoms. The molecule has 1 aliphatic heterocycles. The Kier molecular flexibility index (Phi) is 4.64. The maximum Gasteiger partial charge on any atom is 0.301 e. The van der Waals surface area contributed by atoms with Crippen molar-refractivity contribution in [2.24, 2.45) is 0 Å². The molecule has 0 saturated carbocycles. The fourth-order valence-electron chi connectivity index (χ4n) is 3.41. The number of ether oxygens (including phenoxy) is 1. The van der Waals surface area contributed by atoms with Gasteiger partial charge in [-0.25, -0.2) is 0 Å². The van der Waals surface area contributed by atoms with Gasteiger partial charge in [-0.05, 0) is 24.6 Å². The van der Waals surface area contributed by atoms with Crippen molar-refractivity contribution < 1.29 is 24.0 Å². The molecule has 3 aromatic rings. The van der Waals surface area contributed by atoms with Gasteiger partial charge in [-0.3, -0.25) is 14.5 Å². The smallest absolute Gasteiger partial charge is 0.301 e. The van der Waals surface area contributed by atoms with Crippen molar-refractivity contribution in [2.45, 2.75) is 13.0 Å². The Morgan fingerprint density at radius 1 is 1.10 bits per heavy atom. The predicted molar refractivity (Wildman–Crippen MR) is 105 cm³/mol. The molecule has 7 nitrogen and oxygen atoms in total. The summed E-state index contributed by atoms with van der Waals surface area (Å²) >= 11 is 0. The van der Waals surface area contributed by atoms with Gasteiger partial charge in [0.2, 0.25) is 0 Å². The first-order valence-corrected chi connectivity index (χ1v) is 8.95. The highest BCUT2D eigenvalue weighted by Gasteiger charge is 2.48. The van der Waals surface area contributed by atoms with Gasteiger partial charge in [-0.15, -0.1) is 0 Å². The minimum absolute atomic E-state index is 0.0184. The number of Topliss-reactive ketones (excluding diaryl/α,β-unsaturated/α-hetero) is 1. The molecule has 1 amide bonds. The van der Waals surface area contributed by atoms with Crippen LogP contribution in [-0.2, 0) is 9.59 Å². The summed E-state index contributed by atoms with van der Waals surface area (Å²) in [7, 11) is 1.53. The Morgan fingerprint density at radius 3 is 2.52 bits per heavy atom. The van der Waals surface area contributed by atoms with Crippen molar-refractivity contribution in [1.82, 2.24) is 5.16 Å². The number of hydrogen-bond donors (Lipinski definition) is 1. The van der Waals surface area contributed by atoms with E-state index in [9.17, 15) is 14.7 Å². The molecule has 1 N–H and O–H groups in total. The largest absolute Gasteiger partial charge is 0.507 e. The summed E-state index contributed by atoms with van der Waals surface area (Å²) in [4.78, 5) is 27.1. The van der Waals surface area contributed by atoms with Gasteiger partial charge in [-0.2, -0.15) is 0 Å². The lowest BCUT2D eigenvalue weighted by molar-refractivity contribution is -0.132. The molecular formula is C22H18N2O5. The quantitative estimate of drug-likeness (QED) is 0.416. The molecule has 2 heterocycles. The van der Waals surface area contributed by atoms with Crippen LogP contribution in [0.1, 0.15) is 22.9 Å². The summed E-state index contributed by atoms with van der Waals surface area (Å²) in [5, 5.41) is 14.9. The van der Waals surface area contributed by atoms with Gasteiger partial charge >= 0.3 is 5.91 Å². The van der Waals surface area contributed by atoms with Crippen LogP contribution in [-0.4, -0.2) is 29.1 Å². The van der Waals surface area contributed by atoms with Crippen LogP contribution < -0.4 is 9.64 Å². The van der Waals surface area contributed by atoms with E-state index in [0.29, 0.717) is 22.6 Å². The fourth-order valence-corrected chi connectivity index (χ4v) is 3.41. The number of aromatic nitrogens is 1. The van der Waals surface area contributed by atoms with Crippen molar-refractivity contribution in [3.8, 4) is 5.75 Å². The molecule has 4 rings (SSSR count). The number of aliphatic hydroxyl groups excluding tert-OH is 1. The fraction of sp³-hybridized carbons (Fsp3) is 0.136. The second kappa shape index (κ2) is 7.27. The highest BCUT2D eigenvalue weighted by molar-refractivity contribution is 6.51. The first-order valence-electron chi connectivity index (χ1n) is 8.95. The third kappa shape index (κ3) is 3.16. The van der Waals surface area contributed by atoms with E-state index in [1.165, 1.54) is 12.0 Å². The van der Waals surface area contributed by atoms with E-state index in [1.54, 1.807) is 67.6 Å². The molecule has 0 radical (unpaired) electrons. The summed E-state index contributed by atoms with van der Waals surface area (Å²) in [6.45, 7) is 1.69. The van der Waals surface area contributed by atoms with Gasteiger partial charge in [0.15, 0.2) is 5.82 Å². The first-order chi connectivity index (χ1) is 14.0. The number of carbonyl (C=O) groups is 2. The number of benzene rings is 2. The minimum atomic E-state index is -0.880. The number of aliphatic hydroxyl groups is 1. The number of carbonyl (C=O) groups excluding carboxylic acids is 2. The highest BCUT2D eigenvalue weighted by atomic mass is 16.5. The van der Waals surface area contributed by atoms with Gasteiger partial charge in [0.1, 0.15) is 17.3 Å². The van der Waals surface area contributed by atoms with Gasteiger partial charge in [-0.1, -0.05) is 47.6 Å². The number of methoxy groups -OCH3 is 1. The number of ketones is 1. The summed E-state index contributed by atoms with van der Waals surface area (Å²) in [5.74, 6) is -0.578. The summed E-state index contributed by atoms with van der Waals surface area (Å²) < 4.78 is 10.4. The van der Waals surface area contributed by atoms with Crippen LogP contribution in [0, 0.1) is 6.92 Å². The van der Waals surface area contributed by atoms with E-state index in [4.69, 9.17) is 9.26 Å². The molecule has 7 heteroatoms. The highest BCUT2D eigenvalue weighted by Crippen LogP contribution is 2.42. The van der Waals surface area contributed by atoms with Crippen LogP contribution in [0.15, 0.2) is 70.8 Å². The van der Waals surface area contributed by atoms with E-state index in [0.717, 1.165) is 0 Å². The Morgan fingerprint density at radius 2 is 1.86 bits per heavy atom. The van der Waals surface area contributed by atoms with Crippen LogP contribution in [0.5, 0.6) is 5.75 Å². The second-order valence-electron chi connectivity index (χ2n) is 6.61. The number of nitrogens with zero attached hydrogens (tertiary/aromatic N) is 2. The van der Waals surface area contributed by atoms with Crippen LogP contribution >= 0.6 is 0 Å². The molecule has 1 atom stereocenters. The van der Waals surface area contributed by atoms with Gasteiger partial charge < -0.3 is 14.4 Å². The number of hydrogen-bond acceptors (Lipinski definition) is 6. The van der Waals surface area contributed by atoms with E-state index in [-0.39, 0.29) is 17.2 Å². The van der Waals surface area contributed by atoms with Crippen molar-refractivity contribution in [3.63, 3.8) is 0 Å². The third-order valence-electron chi connectivity index (χ3n) is 4.76. The van der Waals surface area contributed by atoms with Crippen molar-refractivity contribution in [2.75, 3.05) is 12.0 Å². The second-order valence-corrected chi connectivity index (χ2v) is 6.61. The maximum absolute atomic E-state index is 13.0. The average Bonchev–Trinajstić information content (AvgIpc) is 3.29. The number of rotatable bonds is 4. The van der Waals surface area contributed by atoms with E-state index >= 15 is 0 Å². The topological polar surface area (TPSA) is 92.9 Å². The average molecular weight is 390 g/mol. The number of amides is 1. The van der Waals surface area contributed by atoms with Gasteiger partial charge in [0.25, 0.3) is 5.78 Å². The lowest BCUT2D eigenvalue weighted by Gasteiger charge is -2.23. The van der Waals surface area contributed by atoms with Crippen LogP contribution in [0.3, 0.4) is 0 Å². The van der Waals surface area contributed by atoms with Gasteiger partial charge in [0.05, 0.1) is 18.7 Å². The first kappa shape index (κ1) is 18.5. The zero-order valence-electron chi connectivity index (χ0n) is 15.8. The predicted octanol–water partition coefficient (Wildman–Crippen LogP) is 3.62. The molecule has 146 valence electrons. The molecule has 1 saturated heterocycles. The molecule has 1 aromatic heterocycles. The SMILES string of the molecule is COc1cccc(C2/C(=C(\O)c3ccccc3)C(=O)C(=O)N2c2cc(C)on2)c1. The van der Waals surface area contributed by atoms with Crippen LogP contribution in [0.2, 0.25) is 0 Å². The molecule has 2 aromatic carbocycles. The zero-order valence-corrected chi connectivity index (χ0v) is 15.8.